The van der Waals surface area contributed by atoms with Crippen molar-refractivity contribution in [1.82, 2.24) is 24.3 Å². The van der Waals surface area contributed by atoms with E-state index in [4.69, 9.17) is 4.74 Å². The molecular weight excluding hydrogens is 556 g/mol. The Balaban J connectivity index is 1.43. The van der Waals surface area contributed by atoms with Crippen LogP contribution in [0.1, 0.15) is 23.2 Å². The van der Waals surface area contributed by atoms with Crippen LogP contribution >= 0.6 is 0 Å². The molecular formula is C28H33F2N5O5S. The van der Waals surface area contributed by atoms with E-state index < -0.39 is 39.1 Å². The van der Waals surface area contributed by atoms with E-state index in [1.165, 1.54) is 6.07 Å². The number of carbonyl (C=O) groups excluding carboxylic acids is 1. The summed E-state index contributed by atoms with van der Waals surface area (Å²) >= 11 is 0. The van der Waals surface area contributed by atoms with Gasteiger partial charge >= 0.3 is 0 Å². The van der Waals surface area contributed by atoms with Crippen LogP contribution in [0.25, 0.3) is 11.1 Å². The van der Waals surface area contributed by atoms with Crippen LogP contribution in [-0.4, -0.2) is 91.5 Å². The molecule has 41 heavy (non-hydrogen) atoms. The molecule has 2 aromatic carbocycles. The number of aryl methyl sites for hydroxylation is 1. The summed E-state index contributed by atoms with van der Waals surface area (Å²) in [4.78, 5) is 16.5. The average molecular weight is 590 g/mol. The summed E-state index contributed by atoms with van der Waals surface area (Å²) in [5.74, 6) is -1.92. The molecule has 1 spiro atoms. The van der Waals surface area contributed by atoms with Gasteiger partial charge in [0.25, 0.3) is 5.91 Å². The number of β-amino-alcohol motifs (C(OH)–C–C–N with tert-alkyl or cyclic N) is 1. The summed E-state index contributed by atoms with van der Waals surface area (Å²) in [5, 5.41) is 14.8. The number of nitrogens with one attached hydrogen (secondary N) is 1. The van der Waals surface area contributed by atoms with Crippen LogP contribution < -0.4 is 9.46 Å². The minimum absolute atomic E-state index is 0.0397. The zero-order valence-corrected chi connectivity index (χ0v) is 23.7. The number of aliphatic hydroxyl groups is 1. The van der Waals surface area contributed by atoms with Crippen molar-refractivity contribution in [3.8, 4) is 16.9 Å². The molecule has 3 heterocycles. The van der Waals surface area contributed by atoms with Gasteiger partial charge in [-0.1, -0.05) is 6.07 Å². The van der Waals surface area contributed by atoms with Crippen molar-refractivity contribution in [2.45, 2.75) is 23.8 Å². The normalized spacial score (nSPS) is 21.4. The fourth-order valence-electron chi connectivity index (χ4n) is 5.56. The van der Waals surface area contributed by atoms with Gasteiger partial charge in [-0.3, -0.25) is 9.48 Å². The van der Waals surface area contributed by atoms with E-state index in [0.717, 1.165) is 29.3 Å². The first-order valence-electron chi connectivity index (χ1n) is 13.3. The molecule has 1 saturated heterocycles. The first-order valence-corrected chi connectivity index (χ1v) is 14.8. The smallest absolute Gasteiger partial charge is 0.254 e. The van der Waals surface area contributed by atoms with Crippen molar-refractivity contribution >= 4 is 15.9 Å². The average Bonchev–Trinajstić information content (AvgIpc) is 3.36. The highest BCUT2D eigenvalue weighted by atomic mass is 32.2. The highest BCUT2D eigenvalue weighted by Crippen LogP contribution is 2.37. The lowest BCUT2D eigenvalue weighted by atomic mass is 9.78. The Morgan fingerprint density at radius 3 is 2.46 bits per heavy atom. The molecule has 2 N–H and O–H groups in total. The van der Waals surface area contributed by atoms with E-state index in [-0.39, 0.29) is 35.9 Å². The van der Waals surface area contributed by atoms with E-state index in [2.05, 4.69) is 9.82 Å². The van der Waals surface area contributed by atoms with Crippen LogP contribution in [0.4, 0.5) is 8.78 Å². The van der Waals surface area contributed by atoms with Crippen LogP contribution in [-0.2, 0) is 17.1 Å². The van der Waals surface area contributed by atoms with Crippen molar-refractivity contribution in [3.63, 3.8) is 0 Å². The second kappa shape index (κ2) is 11.5. The molecule has 1 amide bonds. The van der Waals surface area contributed by atoms with Crippen LogP contribution in [0.15, 0.2) is 53.7 Å². The third-order valence-corrected chi connectivity index (χ3v) is 9.13. The maximum absolute atomic E-state index is 13.7. The molecule has 0 bridgehead atoms. The summed E-state index contributed by atoms with van der Waals surface area (Å²) in [6, 6.07) is 7.61. The number of aliphatic hydroxyl groups excluding tert-OH is 1. The fraction of sp³-hybridized carbons (Fsp3) is 0.429. The Morgan fingerprint density at radius 1 is 1.10 bits per heavy atom. The molecule has 1 unspecified atom stereocenters. The van der Waals surface area contributed by atoms with Gasteiger partial charge in [-0.15, -0.1) is 0 Å². The number of rotatable bonds is 2. The van der Waals surface area contributed by atoms with Crippen molar-refractivity contribution in [2.75, 3.05) is 46.4 Å². The van der Waals surface area contributed by atoms with Gasteiger partial charge in [0.1, 0.15) is 22.3 Å². The third kappa shape index (κ3) is 6.58. The van der Waals surface area contributed by atoms with E-state index in [0.29, 0.717) is 32.5 Å². The van der Waals surface area contributed by atoms with Crippen LogP contribution in [0.3, 0.4) is 0 Å². The lowest BCUT2D eigenvalue weighted by Crippen LogP contribution is -2.51. The number of carbonyl (C=O) groups is 1. The van der Waals surface area contributed by atoms with Crippen molar-refractivity contribution in [2.24, 2.45) is 12.5 Å². The van der Waals surface area contributed by atoms with Gasteiger partial charge in [0.2, 0.25) is 10.0 Å². The van der Waals surface area contributed by atoms with Gasteiger partial charge < -0.3 is 19.6 Å². The molecule has 2 aliphatic heterocycles. The number of aromatic nitrogens is 2. The molecule has 5 rings (SSSR count). The van der Waals surface area contributed by atoms with Gasteiger partial charge in [-0.2, -0.15) is 5.10 Å². The summed E-state index contributed by atoms with van der Waals surface area (Å²) in [5.41, 5.74) is 0.980. The molecule has 220 valence electrons. The van der Waals surface area contributed by atoms with Gasteiger partial charge in [0, 0.05) is 68.6 Å². The van der Waals surface area contributed by atoms with E-state index in [9.17, 15) is 27.1 Å². The van der Waals surface area contributed by atoms with E-state index in [1.807, 2.05) is 18.1 Å². The van der Waals surface area contributed by atoms with Gasteiger partial charge in [0.15, 0.2) is 0 Å². The van der Waals surface area contributed by atoms with Crippen molar-refractivity contribution in [1.29, 1.82) is 0 Å². The summed E-state index contributed by atoms with van der Waals surface area (Å²) < 4.78 is 64.4. The van der Waals surface area contributed by atoms with E-state index >= 15 is 0 Å². The number of piperidine rings is 1. The number of likely N-dealkylation sites (N-methyl/N-ethyl adjacent to an activating group) is 1. The first kappa shape index (κ1) is 29.1. The predicted molar refractivity (Wildman–Crippen MR) is 147 cm³/mol. The largest absolute Gasteiger partial charge is 0.492 e. The Labute approximate surface area is 237 Å². The number of benzene rings is 2. The molecule has 1 atom stereocenters. The number of amides is 1. The number of sulfonamides is 1. The molecule has 0 aliphatic carbocycles. The monoisotopic (exact) mass is 589 g/mol. The molecule has 0 radical (unpaired) electrons. The second-order valence-corrected chi connectivity index (χ2v) is 12.7. The topological polar surface area (TPSA) is 117 Å². The van der Waals surface area contributed by atoms with Crippen molar-refractivity contribution in [3.05, 3.63) is 66.0 Å². The molecule has 1 fully saturated rings. The van der Waals surface area contributed by atoms with Gasteiger partial charge in [-0.05, 0) is 49.7 Å². The van der Waals surface area contributed by atoms with Crippen LogP contribution in [0.5, 0.6) is 5.75 Å². The van der Waals surface area contributed by atoms with Gasteiger partial charge in [-0.25, -0.2) is 21.9 Å². The highest BCUT2D eigenvalue weighted by Gasteiger charge is 2.39. The quantitative estimate of drug-likeness (QED) is 0.471. The lowest BCUT2D eigenvalue weighted by molar-refractivity contribution is 0.0159. The van der Waals surface area contributed by atoms with Crippen LogP contribution in [0.2, 0.25) is 0 Å². The standard InChI is InChI=1S/C28H33F2N5O5S/c1-33-16-24(36)14-32-41(38,39)26-4-3-19(21-13-31-34(2)15-21)11-25(26)40-18-28(17-33)5-7-35(8-6-28)27(37)20-9-22(29)12-23(30)10-20/h3-4,9-13,15,24,32,36H,5-8,14,16-18H2,1-2H3. The molecule has 2 aliphatic rings. The fourth-order valence-corrected chi connectivity index (χ4v) is 6.76. The number of halogens is 2. The summed E-state index contributed by atoms with van der Waals surface area (Å²) in [6.07, 6.45) is 3.54. The number of nitrogens with zero attached hydrogens (tertiary/aromatic N) is 4. The maximum Gasteiger partial charge on any atom is 0.254 e. The minimum Gasteiger partial charge on any atom is -0.492 e. The SMILES string of the molecule is CN1CC(O)CNS(=O)(=O)c2ccc(-c3cnn(C)c3)cc2OCC2(CCN(C(=O)c3cc(F)cc(F)c3)CC2)C1. The second-order valence-electron chi connectivity index (χ2n) is 11.0. The number of hydrogen-bond donors (Lipinski definition) is 2. The number of ether oxygens (including phenoxy) is 1. The predicted octanol–water partition coefficient (Wildman–Crippen LogP) is 2.25. The number of fused-ring (bicyclic) bond motifs is 1. The molecule has 0 saturated carbocycles. The lowest BCUT2D eigenvalue weighted by Gasteiger charge is -2.44. The van der Waals surface area contributed by atoms with Crippen molar-refractivity contribution < 1.29 is 31.8 Å². The summed E-state index contributed by atoms with van der Waals surface area (Å²) in [6.45, 7) is 1.37. The first-order chi connectivity index (χ1) is 19.4. The molecule has 1 aromatic heterocycles. The molecule has 10 nitrogen and oxygen atoms in total. The zero-order valence-electron chi connectivity index (χ0n) is 22.9. The highest BCUT2D eigenvalue weighted by molar-refractivity contribution is 7.89. The Hall–Kier alpha value is -3.39. The number of hydrogen-bond acceptors (Lipinski definition) is 7. The Kier molecular flexibility index (Phi) is 8.15. The zero-order chi connectivity index (χ0) is 29.4. The molecule has 13 heteroatoms. The van der Waals surface area contributed by atoms with E-state index in [1.54, 1.807) is 35.0 Å². The minimum atomic E-state index is -4.00. The Morgan fingerprint density at radius 2 is 1.80 bits per heavy atom. The van der Waals surface area contributed by atoms with Gasteiger partial charge in [0.05, 0.1) is 18.9 Å². The maximum atomic E-state index is 13.7. The third-order valence-electron chi connectivity index (χ3n) is 7.66. The molecule has 3 aromatic rings. The summed E-state index contributed by atoms with van der Waals surface area (Å²) in [7, 11) is -0.375. The van der Waals surface area contributed by atoms with Crippen LogP contribution in [0, 0.1) is 17.0 Å². The number of likely N-dealkylation sites (tertiary alicyclic amines) is 1. The Bertz CT molecular complexity index is 1520.